The molecule has 0 N–H and O–H groups in total. The van der Waals surface area contributed by atoms with E-state index in [-0.39, 0.29) is 6.09 Å². The first-order valence-electron chi connectivity index (χ1n) is 8.07. The van der Waals surface area contributed by atoms with Crippen molar-refractivity contribution in [2.75, 3.05) is 26.2 Å². The van der Waals surface area contributed by atoms with Crippen molar-refractivity contribution < 1.29 is 9.53 Å². The van der Waals surface area contributed by atoms with Gasteiger partial charge in [0.2, 0.25) is 0 Å². The van der Waals surface area contributed by atoms with Crippen molar-refractivity contribution in [3.63, 3.8) is 0 Å². The van der Waals surface area contributed by atoms with Crippen LogP contribution >= 0.6 is 0 Å². The molecule has 1 saturated carbocycles. The Kier molecular flexibility index (Phi) is 4.95. The van der Waals surface area contributed by atoms with Gasteiger partial charge in [-0.15, -0.1) is 0 Å². The fraction of sp³-hybridized carbons (Fsp3) is 0.938. The van der Waals surface area contributed by atoms with E-state index in [0.717, 1.165) is 38.1 Å². The van der Waals surface area contributed by atoms with Gasteiger partial charge >= 0.3 is 6.09 Å². The van der Waals surface area contributed by atoms with Gasteiger partial charge in [0.1, 0.15) is 5.60 Å². The number of carbonyl (C=O) groups is 1. The number of amides is 1. The van der Waals surface area contributed by atoms with Crippen LogP contribution in [0.4, 0.5) is 4.79 Å². The topological polar surface area (TPSA) is 32.8 Å². The number of rotatable bonds is 1. The van der Waals surface area contributed by atoms with Crippen molar-refractivity contribution in [1.29, 1.82) is 0 Å². The van der Waals surface area contributed by atoms with Crippen LogP contribution in [0.5, 0.6) is 0 Å². The van der Waals surface area contributed by atoms with Gasteiger partial charge in [0.05, 0.1) is 0 Å². The first-order valence-corrected chi connectivity index (χ1v) is 8.07. The lowest BCUT2D eigenvalue weighted by Crippen LogP contribution is -2.53. The van der Waals surface area contributed by atoms with E-state index in [9.17, 15) is 4.79 Å². The first-order chi connectivity index (χ1) is 9.35. The van der Waals surface area contributed by atoms with Crippen molar-refractivity contribution in [1.82, 2.24) is 9.80 Å². The summed E-state index contributed by atoms with van der Waals surface area (Å²) < 4.78 is 5.44. The third kappa shape index (κ3) is 4.37. The number of carbonyl (C=O) groups excluding carboxylic acids is 1. The van der Waals surface area contributed by atoms with E-state index in [1.165, 1.54) is 25.7 Å². The molecule has 2 fully saturated rings. The van der Waals surface area contributed by atoms with Crippen molar-refractivity contribution in [2.24, 2.45) is 5.92 Å². The van der Waals surface area contributed by atoms with E-state index in [1.807, 2.05) is 25.7 Å². The molecule has 2 aliphatic rings. The van der Waals surface area contributed by atoms with Crippen LogP contribution in [-0.2, 0) is 4.74 Å². The minimum atomic E-state index is -0.395. The molecule has 2 rings (SSSR count). The number of hydrogen-bond donors (Lipinski definition) is 0. The third-order valence-corrected chi connectivity index (χ3v) is 4.47. The van der Waals surface area contributed by atoms with Crippen LogP contribution in [0, 0.1) is 5.92 Å². The third-order valence-electron chi connectivity index (χ3n) is 4.47. The Morgan fingerprint density at radius 1 is 1.00 bits per heavy atom. The highest BCUT2D eigenvalue weighted by Gasteiger charge is 2.30. The highest BCUT2D eigenvalue weighted by atomic mass is 16.6. The standard InChI is InChI=1S/C16H30N2O2/c1-13-5-7-14(8-6-13)17-9-11-18(12-10-17)15(19)20-16(2,3)4/h13-14H,5-12H2,1-4H3/t13-,14-. The summed E-state index contributed by atoms with van der Waals surface area (Å²) in [6.07, 6.45) is 5.21. The normalized spacial score (nSPS) is 29.3. The average Bonchev–Trinajstić information content (AvgIpc) is 2.38. The molecule has 1 heterocycles. The van der Waals surface area contributed by atoms with E-state index in [0.29, 0.717) is 0 Å². The highest BCUT2D eigenvalue weighted by Crippen LogP contribution is 2.27. The minimum Gasteiger partial charge on any atom is -0.444 e. The van der Waals surface area contributed by atoms with Crippen molar-refractivity contribution in [3.8, 4) is 0 Å². The molecule has 0 aromatic carbocycles. The summed E-state index contributed by atoms with van der Waals surface area (Å²) in [4.78, 5) is 16.5. The number of ether oxygens (including phenoxy) is 1. The minimum absolute atomic E-state index is 0.158. The highest BCUT2D eigenvalue weighted by molar-refractivity contribution is 5.68. The molecule has 20 heavy (non-hydrogen) atoms. The molecular formula is C16H30N2O2. The lowest BCUT2D eigenvalue weighted by atomic mass is 9.86. The van der Waals surface area contributed by atoms with Gasteiger partial charge in [-0.1, -0.05) is 6.92 Å². The Morgan fingerprint density at radius 2 is 1.55 bits per heavy atom. The van der Waals surface area contributed by atoms with E-state index >= 15 is 0 Å². The second-order valence-electron chi connectivity index (χ2n) is 7.42. The molecule has 1 aliphatic heterocycles. The van der Waals surface area contributed by atoms with Gasteiger partial charge in [-0.3, -0.25) is 4.90 Å². The van der Waals surface area contributed by atoms with Gasteiger partial charge in [0, 0.05) is 32.2 Å². The summed E-state index contributed by atoms with van der Waals surface area (Å²) in [5.41, 5.74) is -0.395. The maximum atomic E-state index is 12.0. The van der Waals surface area contributed by atoms with Gasteiger partial charge in [-0.25, -0.2) is 4.79 Å². The molecule has 0 radical (unpaired) electrons. The maximum absolute atomic E-state index is 12.0. The fourth-order valence-corrected chi connectivity index (χ4v) is 3.20. The Labute approximate surface area is 123 Å². The Balaban J connectivity index is 1.76. The lowest BCUT2D eigenvalue weighted by Gasteiger charge is -2.41. The molecule has 1 amide bonds. The van der Waals surface area contributed by atoms with Crippen LogP contribution < -0.4 is 0 Å². The predicted octanol–water partition coefficient (Wildman–Crippen LogP) is 3.12. The summed E-state index contributed by atoms with van der Waals surface area (Å²) in [5.74, 6) is 0.898. The zero-order valence-electron chi connectivity index (χ0n) is 13.5. The molecule has 0 spiro atoms. The van der Waals surface area contributed by atoms with Crippen LogP contribution in [0.15, 0.2) is 0 Å². The molecule has 0 aromatic heterocycles. The monoisotopic (exact) mass is 282 g/mol. The van der Waals surface area contributed by atoms with Crippen LogP contribution in [0.25, 0.3) is 0 Å². The number of piperazine rings is 1. The molecule has 0 aromatic rings. The smallest absolute Gasteiger partial charge is 0.410 e. The average molecular weight is 282 g/mol. The van der Waals surface area contributed by atoms with E-state index in [1.54, 1.807) is 0 Å². The van der Waals surface area contributed by atoms with Gasteiger partial charge < -0.3 is 9.64 Å². The van der Waals surface area contributed by atoms with Crippen LogP contribution in [0.3, 0.4) is 0 Å². The molecule has 0 bridgehead atoms. The van der Waals surface area contributed by atoms with Gasteiger partial charge in [0.15, 0.2) is 0 Å². The van der Waals surface area contributed by atoms with Crippen LogP contribution in [-0.4, -0.2) is 53.7 Å². The van der Waals surface area contributed by atoms with Crippen LogP contribution in [0.1, 0.15) is 53.4 Å². The molecule has 0 unspecified atom stereocenters. The summed E-state index contributed by atoms with van der Waals surface area (Å²) in [6, 6.07) is 0.743. The quantitative estimate of drug-likeness (QED) is 0.741. The molecule has 116 valence electrons. The SMILES string of the molecule is CC(C)(C)OC(=O)N1CCN([C@H]2CC[C@H](C)CC2)CC1. The number of nitrogens with zero attached hydrogens (tertiary/aromatic N) is 2. The summed E-state index contributed by atoms with van der Waals surface area (Å²) in [7, 11) is 0. The zero-order chi connectivity index (χ0) is 14.8. The molecule has 4 nitrogen and oxygen atoms in total. The molecular weight excluding hydrogens is 252 g/mol. The van der Waals surface area contributed by atoms with E-state index in [2.05, 4.69) is 11.8 Å². The zero-order valence-corrected chi connectivity index (χ0v) is 13.5. The second kappa shape index (κ2) is 6.33. The van der Waals surface area contributed by atoms with Gasteiger partial charge in [-0.2, -0.15) is 0 Å². The summed E-state index contributed by atoms with van der Waals surface area (Å²) in [6.45, 7) is 11.7. The van der Waals surface area contributed by atoms with Gasteiger partial charge in [0.25, 0.3) is 0 Å². The molecule has 4 heteroatoms. The van der Waals surface area contributed by atoms with Crippen LogP contribution in [0.2, 0.25) is 0 Å². The molecule has 1 aliphatic carbocycles. The maximum Gasteiger partial charge on any atom is 0.410 e. The molecule has 0 atom stereocenters. The first kappa shape index (κ1) is 15.6. The van der Waals surface area contributed by atoms with E-state index < -0.39 is 5.60 Å². The number of hydrogen-bond acceptors (Lipinski definition) is 3. The summed E-state index contributed by atoms with van der Waals surface area (Å²) in [5, 5.41) is 0. The second-order valence-corrected chi connectivity index (χ2v) is 7.42. The summed E-state index contributed by atoms with van der Waals surface area (Å²) >= 11 is 0. The lowest BCUT2D eigenvalue weighted by molar-refractivity contribution is 0.00739. The van der Waals surface area contributed by atoms with Gasteiger partial charge in [-0.05, 0) is 52.4 Å². The van der Waals surface area contributed by atoms with Crippen molar-refractivity contribution in [3.05, 3.63) is 0 Å². The Morgan fingerprint density at radius 3 is 2.05 bits per heavy atom. The van der Waals surface area contributed by atoms with Crippen molar-refractivity contribution in [2.45, 2.75) is 65.0 Å². The Bertz CT molecular complexity index is 322. The largest absolute Gasteiger partial charge is 0.444 e. The van der Waals surface area contributed by atoms with Crippen molar-refractivity contribution >= 4 is 6.09 Å². The molecule has 1 saturated heterocycles. The predicted molar refractivity (Wildman–Crippen MR) is 80.8 cm³/mol. The van der Waals surface area contributed by atoms with E-state index in [4.69, 9.17) is 4.74 Å². The fourth-order valence-electron chi connectivity index (χ4n) is 3.20. The Hall–Kier alpha value is -0.770.